The summed E-state index contributed by atoms with van der Waals surface area (Å²) in [5, 5.41) is 4.31. The Labute approximate surface area is 166 Å². The van der Waals surface area contributed by atoms with E-state index in [0.29, 0.717) is 17.3 Å². The molecule has 1 amide bonds. The molecule has 0 saturated heterocycles. The minimum Gasteiger partial charge on any atom is -0.481 e. The molecule has 7 heteroatoms. The quantitative estimate of drug-likeness (QED) is 0.629. The second kappa shape index (κ2) is 8.50. The fourth-order valence-corrected chi connectivity index (χ4v) is 3.75. The second-order valence-electron chi connectivity index (χ2n) is 5.94. The van der Waals surface area contributed by atoms with Crippen molar-refractivity contribution in [2.24, 2.45) is 0 Å². The van der Waals surface area contributed by atoms with E-state index in [1.807, 2.05) is 31.2 Å². The van der Waals surface area contributed by atoms with Gasteiger partial charge in [0.25, 0.3) is 5.91 Å². The standard InChI is InChI=1S/C20H18ClFN2O2S/c1-12-18(27-20(24-12)16-5-3-4-6-17(16)21)11-23-19(25)13(2)26-15-9-7-14(22)8-10-15/h3-10,13H,11H2,1-2H3,(H,23,25). The monoisotopic (exact) mass is 404 g/mol. The van der Waals surface area contributed by atoms with Gasteiger partial charge in [-0.3, -0.25) is 4.79 Å². The summed E-state index contributed by atoms with van der Waals surface area (Å²) >= 11 is 7.73. The molecule has 0 spiro atoms. The maximum atomic E-state index is 12.9. The molecule has 1 heterocycles. The Hall–Kier alpha value is -2.44. The van der Waals surface area contributed by atoms with Crippen LogP contribution in [0.3, 0.4) is 0 Å². The van der Waals surface area contributed by atoms with Gasteiger partial charge in [0.2, 0.25) is 0 Å². The number of aryl methyl sites for hydroxylation is 1. The van der Waals surface area contributed by atoms with Gasteiger partial charge < -0.3 is 10.1 Å². The summed E-state index contributed by atoms with van der Waals surface area (Å²) in [7, 11) is 0. The average molecular weight is 405 g/mol. The molecule has 140 valence electrons. The van der Waals surface area contributed by atoms with Crippen LogP contribution in [0.5, 0.6) is 5.75 Å². The number of nitrogens with one attached hydrogen (secondary N) is 1. The van der Waals surface area contributed by atoms with Crippen LogP contribution < -0.4 is 10.1 Å². The number of carbonyl (C=O) groups is 1. The van der Waals surface area contributed by atoms with Gasteiger partial charge in [0.1, 0.15) is 16.6 Å². The molecular formula is C20H18ClFN2O2S. The van der Waals surface area contributed by atoms with E-state index in [1.54, 1.807) is 6.92 Å². The molecule has 4 nitrogen and oxygen atoms in total. The van der Waals surface area contributed by atoms with E-state index in [-0.39, 0.29) is 11.7 Å². The van der Waals surface area contributed by atoms with Crippen molar-refractivity contribution < 1.29 is 13.9 Å². The number of nitrogens with zero attached hydrogens (tertiary/aromatic N) is 1. The summed E-state index contributed by atoms with van der Waals surface area (Å²) < 4.78 is 18.5. The molecule has 0 fully saturated rings. The van der Waals surface area contributed by atoms with Crippen molar-refractivity contribution in [1.82, 2.24) is 10.3 Å². The Balaban J connectivity index is 1.62. The molecule has 1 atom stereocenters. The first-order chi connectivity index (χ1) is 12.9. The van der Waals surface area contributed by atoms with Crippen LogP contribution in [-0.4, -0.2) is 17.0 Å². The predicted octanol–water partition coefficient (Wildman–Crippen LogP) is 4.99. The molecule has 0 aliphatic carbocycles. The third kappa shape index (κ3) is 4.84. The molecule has 3 aromatic rings. The number of amides is 1. The Morgan fingerprint density at radius 1 is 1.26 bits per heavy atom. The van der Waals surface area contributed by atoms with Crippen molar-refractivity contribution in [1.29, 1.82) is 0 Å². The number of rotatable bonds is 6. The van der Waals surface area contributed by atoms with Crippen LogP contribution in [0, 0.1) is 12.7 Å². The molecule has 2 aromatic carbocycles. The van der Waals surface area contributed by atoms with Crippen LogP contribution in [0.4, 0.5) is 4.39 Å². The third-order valence-electron chi connectivity index (χ3n) is 3.92. The third-order valence-corrected chi connectivity index (χ3v) is 5.44. The average Bonchev–Trinajstić information content (AvgIpc) is 3.02. The second-order valence-corrected chi connectivity index (χ2v) is 7.43. The van der Waals surface area contributed by atoms with E-state index in [9.17, 15) is 9.18 Å². The first-order valence-electron chi connectivity index (χ1n) is 8.35. The zero-order chi connectivity index (χ0) is 19.4. The van der Waals surface area contributed by atoms with Gasteiger partial charge in [0.15, 0.2) is 6.10 Å². The van der Waals surface area contributed by atoms with Gasteiger partial charge in [-0.15, -0.1) is 11.3 Å². The first-order valence-corrected chi connectivity index (χ1v) is 9.54. The summed E-state index contributed by atoms with van der Waals surface area (Å²) in [4.78, 5) is 17.8. The molecule has 1 N–H and O–H groups in total. The highest BCUT2D eigenvalue weighted by molar-refractivity contribution is 7.15. The summed E-state index contributed by atoms with van der Waals surface area (Å²) in [5.74, 6) is -0.171. The van der Waals surface area contributed by atoms with Crippen molar-refractivity contribution in [3.8, 4) is 16.3 Å². The van der Waals surface area contributed by atoms with E-state index >= 15 is 0 Å². The van der Waals surface area contributed by atoms with Gasteiger partial charge in [-0.25, -0.2) is 9.37 Å². The molecular weight excluding hydrogens is 387 g/mol. The number of hydrogen-bond acceptors (Lipinski definition) is 4. The maximum absolute atomic E-state index is 12.9. The fourth-order valence-electron chi connectivity index (χ4n) is 2.42. The van der Waals surface area contributed by atoms with Gasteiger partial charge in [0, 0.05) is 10.4 Å². The smallest absolute Gasteiger partial charge is 0.261 e. The molecule has 1 unspecified atom stereocenters. The molecule has 0 aliphatic rings. The van der Waals surface area contributed by atoms with E-state index in [0.717, 1.165) is 21.1 Å². The molecule has 0 bridgehead atoms. The first kappa shape index (κ1) is 19.3. The molecule has 0 saturated carbocycles. The van der Waals surface area contributed by atoms with E-state index in [4.69, 9.17) is 16.3 Å². The van der Waals surface area contributed by atoms with Crippen LogP contribution in [0.2, 0.25) is 5.02 Å². The number of thiazole rings is 1. The molecule has 1 aromatic heterocycles. The van der Waals surface area contributed by atoms with Crippen molar-refractivity contribution in [3.05, 3.63) is 69.9 Å². The number of halogens is 2. The highest BCUT2D eigenvalue weighted by atomic mass is 35.5. The Bertz CT molecular complexity index is 943. The van der Waals surface area contributed by atoms with Crippen molar-refractivity contribution in [2.75, 3.05) is 0 Å². The van der Waals surface area contributed by atoms with Crippen LogP contribution in [0.25, 0.3) is 10.6 Å². The minimum absolute atomic E-state index is 0.258. The van der Waals surface area contributed by atoms with Gasteiger partial charge >= 0.3 is 0 Å². The molecule has 27 heavy (non-hydrogen) atoms. The van der Waals surface area contributed by atoms with Crippen LogP contribution in [0.15, 0.2) is 48.5 Å². The lowest BCUT2D eigenvalue weighted by molar-refractivity contribution is -0.127. The van der Waals surface area contributed by atoms with Gasteiger partial charge in [-0.05, 0) is 44.2 Å². The summed E-state index contributed by atoms with van der Waals surface area (Å²) in [6.07, 6.45) is -0.702. The molecule has 0 aliphatic heterocycles. The van der Waals surface area contributed by atoms with E-state index in [2.05, 4.69) is 10.3 Å². The van der Waals surface area contributed by atoms with Crippen molar-refractivity contribution in [2.45, 2.75) is 26.5 Å². The van der Waals surface area contributed by atoms with Crippen LogP contribution >= 0.6 is 22.9 Å². The summed E-state index contributed by atoms with van der Waals surface area (Å²) in [6, 6.07) is 13.1. The maximum Gasteiger partial charge on any atom is 0.261 e. The zero-order valence-electron chi connectivity index (χ0n) is 14.8. The Kier molecular flexibility index (Phi) is 6.08. The number of ether oxygens (including phenoxy) is 1. The largest absolute Gasteiger partial charge is 0.481 e. The minimum atomic E-state index is -0.702. The number of aromatic nitrogens is 1. The van der Waals surface area contributed by atoms with Crippen LogP contribution in [0.1, 0.15) is 17.5 Å². The Morgan fingerprint density at radius 2 is 1.96 bits per heavy atom. The number of carbonyl (C=O) groups excluding carboxylic acids is 1. The zero-order valence-corrected chi connectivity index (χ0v) is 16.4. The van der Waals surface area contributed by atoms with E-state index in [1.165, 1.54) is 35.6 Å². The number of benzene rings is 2. The highest BCUT2D eigenvalue weighted by Gasteiger charge is 2.17. The van der Waals surface area contributed by atoms with Crippen LogP contribution in [-0.2, 0) is 11.3 Å². The molecule has 3 rings (SSSR count). The summed E-state index contributed by atoms with van der Waals surface area (Å²) in [5.41, 5.74) is 1.72. The van der Waals surface area contributed by atoms with E-state index < -0.39 is 6.10 Å². The van der Waals surface area contributed by atoms with Gasteiger partial charge in [-0.1, -0.05) is 29.8 Å². The van der Waals surface area contributed by atoms with Gasteiger partial charge in [-0.2, -0.15) is 0 Å². The van der Waals surface area contributed by atoms with Gasteiger partial charge in [0.05, 0.1) is 17.3 Å². The lowest BCUT2D eigenvalue weighted by Crippen LogP contribution is -2.35. The van der Waals surface area contributed by atoms with Crippen molar-refractivity contribution >= 4 is 28.8 Å². The normalized spacial score (nSPS) is 11.9. The lowest BCUT2D eigenvalue weighted by Gasteiger charge is -2.14. The SMILES string of the molecule is Cc1nc(-c2ccccc2Cl)sc1CNC(=O)C(C)Oc1ccc(F)cc1. The van der Waals surface area contributed by atoms with Crippen molar-refractivity contribution in [3.63, 3.8) is 0 Å². The topological polar surface area (TPSA) is 51.2 Å². The fraction of sp³-hybridized carbons (Fsp3) is 0.200. The highest BCUT2D eigenvalue weighted by Crippen LogP contribution is 2.32. The number of hydrogen-bond donors (Lipinski definition) is 1. The summed E-state index contributed by atoms with van der Waals surface area (Å²) in [6.45, 7) is 3.90. The molecule has 0 radical (unpaired) electrons. The lowest BCUT2D eigenvalue weighted by atomic mass is 10.2. The predicted molar refractivity (Wildman–Crippen MR) is 106 cm³/mol. The Morgan fingerprint density at radius 3 is 2.67 bits per heavy atom.